The van der Waals surface area contributed by atoms with Crippen LogP contribution in [0.25, 0.3) is 0 Å². The predicted octanol–water partition coefficient (Wildman–Crippen LogP) is 4.29. The van der Waals surface area contributed by atoms with Gasteiger partial charge in [-0.15, -0.1) is 11.6 Å². The molecule has 0 radical (unpaired) electrons. The summed E-state index contributed by atoms with van der Waals surface area (Å²) < 4.78 is 5.80. The van der Waals surface area contributed by atoms with E-state index >= 15 is 0 Å². The summed E-state index contributed by atoms with van der Waals surface area (Å²) in [6.07, 6.45) is 6.29. The first-order chi connectivity index (χ1) is 9.20. The van der Waals surface area contributed by atoms with Crippen LogP contribution in [-0.4, -0.2) is 11.5 Å². The van der Waals surface area contributed by atoms with E-state index in [2.05, 4.69) is 0 Å². The van der Waals surface area contributed by atoms with Gasteiger partial charge in [-0.3, -0.25) is 10.1 Å². The fourth-order valence-electron chi connectivity index (χ4n) is 2.49. The molecule has 0 N–H and O–H groups in total. The molecule has 0 heterocycles. The van der Waals surface area contributed by atoms with E-state index in [1.165, 1.54) is 44.2 Å². The first kappa shape index (κ1) is 14.1. The topological polar surface area (TPSA) is 52.4 Å². The summed E-state index contributed by atoms with van der Waals surface area (Å²) in [6.45, 7) is 0.682. The second-order valence-electron chi connectivity index (χ2n) is 5.00. The molecular weight excluding hydrogens is 266 g/mol. The van der Waals surface area contributed by atoms with Crippen molar-refractivity contribution < 1.29 is 9.66 Å². The zero-order valence-corrected chi connectivity index (χ0v) is 11.6. The van der Waals surface area contributed by atoms with Crippen molar-refractivity contribution in [1.29, 1.82) is 0 Å². The van der Waals surface area contributed by atoms with E-state index in [1.54, 1.807) is 6.07 Å². The number of hydrogen-bond acceptors (Lipinski definition) is 3. The van der Waals surface area contributed by atoms with E-state index in [4.69, 9.17) is 16.3 Å². The number of rotatable bonds is 5. The summed E-state index contributed by atoms with van der Waals surface area (Å²) in [5.41, 5.74) is 0.743. The molecule has 2 rings (SSSR count). The zero-order chi connectivity index (χ0) is 13.7. The Morgan fingerprint density at radius 2 is 2.05 bits per heavy atom. The van der Waals surface area contributed by atoms with Crippen LogP contribution in [0.15, 0.2) is 18.2 Å². The number of non-ortho nitro benzene ring substituents is 1. The van der Waals surface area contributed by atoms with E-state index in [9.17, 15) is 10.1 Å². The molecule has 0 atom stereocenters. The molecule has 19 heavy (non-hydrogen) atoms. The number of alkyl halides is 1. The van der Waals surface area contributed by atoms with Gasteiger partial charge in [-0.2, -0.15) is 0 Å². The van der Waals surface area contributed by atoms with Crippen molar-refractivity contribution in [3.63, 3.8) is 0 Å². The zero-order valence-electron chi connectivity index (χ0n) is 10.8. The monoisotopic (exact) mass is 283 g/mol. The van der Waals surface area contributed by atoms with Crippen LogP contribution in [-0.2, 0) is 5.88 Å². The maximum absolute atomic E-state index is 10.7. The summed E-state index contributed by atoms with van der Waals surface area (Å²) >= 11 is 5.83. The third-order valence-corrected chi connectivity index (χ3v) is 3.89. The molecule has 104 valence electrons. The molecule has 1 aliphatic rings. The SMILES string of the molecule is O=[N+]([O-])c1ccc(OCC2CCCCC2)c(CCl)c1. The minimum atomic E-state index is -0.416. The molecule has 1 saturated carbocycles. The number of halogens is 1. The smallest absolute Gasteiger partial charge is 0.270 e. The van der Waals surface area contributed by atoms with Crippen LogP contribution in [0.3, 0.4) is 0 Å². The van der Waals surface area contributed by atoms with Crippen molar-refractivity contribution in [2.24, 2.45) is 5.92 Å². The number of hydrogen-bond donors (Lipinski definition) is 0. The minimum absolute atomic E-state index is 0.0562. The van der Waals surface area contributed by atoms with E-state index in [1.807, 2.05) is 0 Å². The van der Waals surface area contributed by atoms with Gasteiger partial charge in [0, 0.05) is 17.7 Å². The molecular formula is C14H18ClNO3. The summed E-state index contributed by atoms with van der Waals surface area (Å²) in [5, 5.41) is 10.7. The van der Waals surface area contributed by atoms with Crippen LogP contribution in [0.5, 0.6) is 5.75 Å². The Morgan fingerprint density at radius 1 is 1.32 bits per heavy atom. The van der Waals surface area contributed by atoms with Crippen LogP contribution in [0.4, 0.5) is 5.69 Å². The van der Waals surface area contributed by atoms with Crippen molar-refractivity contribution in [3.05, 3.63) is 33.9 Å². The molecule has 1 aromatic carbocycles. The van der Waals surface area contributed by atoms with Gasteiger partial charge in [-0.25, -0.2) is 0 Å². The molecule has 1 aliphatic carbocycles. The van der Waals surface area contributed by atoms with Gasteiger partial charge in [0.25, 0.3) is 5.69 Å². The van der Waals surface area contributed by atoms with Gasteiger partial charge >= 0.3 is 0 Å². The van der Waals surface area contributed by atoms with Crippen LogP contribution in [0, 0.1) is 16.0 Å². The number of nitrogens with zero attached hydrogens (tertiary/aromatic N) is 1. The highest BCUT2D eigenvalue weighted by Gasteiger charge is 2.16. The lowest BCUT2D eigenvalue weighted by Crippen LogP contribution is -2.15. The van der Waals surface area contributed by atoms with Gasteiger partial charge in [0.05, 0.1) is 17.4 Å². The van der Waals surface area contributed by atoms with Crippen molar-refractivity contribution in [3.8, 4) is 5.75 Å². The molecule has 1 fully saturated rings. The van der Waals surface area contributed by atoms with Gasteiger partial charge in [-0.05, 0) is 24.8 Å². The second-order valence-corrected chi connectivity index (χ2v) is 5.27. The Morgan fingerprint density at radius 3 is 2.68 bits per heavy atom. The highest BCUT2D eigenvalue weighted by atomic mass is 35.5. The minimum Gasteiger partial charge on any atom is -0.493 e. The molecule has 0 spiro atoms. The van der Waals surface area contributed by atoms with Gasteiger partial charge in [0.1, 0.15) is 5.75 Å². The lowest BCUT2D eigenvalue weighted by Gasteiger charge is -2.22. The molecule has 0 aromatic heterocycles. The molecule has 0 unspecified atom stereocenters. The number of ether oxygens (including phenoxy) is 1. The molecule has 0 amide bonds. The van der Waals surface area contributed by atoms with E-state index in [0.29, 0.717) is 23.8 Å². The number of nitro benzene ring substituents is 1. The molecule has 0 aliphatic heterocycles. The van der Waals surface area contributed by atoms with E-state index in [0.717, 1.165) is 0 Å². The summed E-state index contributed by atoms with van der Waals surface area (Å²) in [7, 11) is 0. The fraction of sp³-hybridized carbons (Fsp3) is 0.571. The predicted molar refractivity (Wildman–Crippen MR) is 74.7 cm³/mol. The Balaban J connectivity index is 2.00. The molecule has 4 nitrogen and oxygen atoms in total. The van der Waals surface area contributed by atoms with Crippen molar-refractivity contribution in [2.75, 3.05) is 6.61 Å². The molecule has 0 saturated heterocycles. The maximum Gasteiger partial charge on any atom is 0.270 e. The summed E-state index contributed by atoms with van der Waals surface area (Å²) in [5.74, 6) is 1.50. The summed E-state index contributed by atoms with van der Waals surface area (Å²) in [6, 6.07) is 4.61. The van der Waals surface area contributed by atoms with Gasteiger partial charge in [-0.1, -0.05) is 19.3 Å². The maximum atomic E-state index is 10.7. The first-order valence-electron chi connectivity index (χ1n) is 6.67. The van der Waals surface area contributed by atoms with E-state index < -0.39 is 4.92 Å². The number of benzene rings is 1. The molecule has 0 bridgehead atoms. The molecule has 1 aromatic rings. The first-order valence-corrected chi connectivity index (χ1v) is 7.20. The van der Waals surface area contributed by atoms with Crippen LogP contribution in [0.2, 0.25) is 0 Å². The third-order valence-electron chi connectivity index (χ3n) is 3.60. The molecule has 5 heteroatoms. The highest BCUT2D eigenvalue weighted by Crippen LogP contribution is 2.28. The lowest BCUT2D eigenvalue weighted by atomic mass is 9.90. The second kappa shape index (κ2) is 6.75. The van der Waals surface area contributed by atoms with E-state index in [-0.39, 0.29) is 11.6 Å². The lowest BCUT2D eigenvalue weighted by molar-refractivity contribution is -0.384. The van der Waals surface area contributed by atoms with Crippen LogP contribution < -0.4 is 4.74 Å². The van der Waals surface area contributed by atoms with Crippen LogP contribution in [0.1, 0.15) is 37.7 Å². The van der Waals surface area contributed by atoms with Crippen molar-refractivity contribution >= 4 is 17.3 Å². The average molecular weight is 284 g/mol. The Kier molecular flexibility index (Phi) is 5.02. The summed E-state index contributed by atoms with van der Waals surface area (Å²) in [4.78, 5) is 10.3. The van der Waals surface area contributed by atoms with Crippen molar-refractivity contribution in [1.82, 2.24) is 0 Å². The Hall–Kier alpha value is -1.29. The number of nitro groups is 1. The quantitative estimate of drug-likeness (QED) is 0.460. The Bertz CT molecular complexity index is 444. The highest BCUT2D eigenvalue weighted by molar-refractivity contribution is 6.17. The van der Waals surface area contributed by atoms with Crippen LogP contribution >= 0.6 is 11.6 Å². The fourth-order valence-corrected chi connectivity index (χ4v) is 2.69. The standard InChI is InChI=1S/C14H18ClNO3/c15-9-12-8-13(16(17)18)6-7-14(12)19-10-11-4-2-1-3-5-11/h6-8,11H,1-5,9-10H2. The van der Waals surface area contributed by atoms with Gasteiger partial charge < -0.3 is 4.74 Å². The van der Waals surface area contributed by atoms with Gasteiger partial charge in [0.2, 0.25) is 0 Å². The van der Waals surface area contributed by atoms with Gasteiger partial charge in [0.15, 0.2) is 0 Å². The van der Waals surface area contributed by atoms with Crippen molar-refractivity contribution in [2.45, 2.75) is 38.0 Å². The third kappa shape index (κ3) is 3.83. The largest absolute Gasteiger partial charge is 0.493 e. The average Bonchev–Trinajstić information content (AvgIpc) is 2.45. The normalized spacial score (nSPS) is 16.3. The Labute approximate surface area is 117 Å².